The van der Waals surface area contributed by atoms with Crippen molar-refractivity contribution in [2.45, 2.75) is 58.2 Å². The molecule has 2 atom stereocenters. The molecule has 3 aromatic rings. The average Bonchev–Trinajstić information content (AvgIpc) is 3.46. The van der Waals surface area contributed by atoms with Crippen LogP contribution in [0.1, 0.15) is 78.3 Å². The number of hydrogen-bond donors (Lipinski definition) is 1. The zero-order valence-electron chi connectivity index (χ0n) is 18.4. The Kier molecular flexibility index (Phi) is 6.29. The van der Waals surface area contributed by atoms with E-state index in [0.717, 1.165) is 18.8 Å². The minimum absolute atomic E-state index is 0.0456. The number of halogens is 2. The van der Waals surface area contributed by atoms with Crippen molar-refractivity contribution in [2.75, 3.05) is 6.61 Å². The van der Waals surface area contributed by atoms with Gasteiger partial charge in [-0.15, -0.1) is 0 Å². The van der Waals surface area contributed by atoms with E-state index in [9.17, 15) is 18.8 Å². The number of nitrogens with one attached hydrogen (secondary N) is 1. The highest BCUT2D eigenvalue weighted by atomic mass is 19.3. The van der Waals surface area contributed by atoms with Gasteiger partial charge in [0, 0.05) is 18.8 Å². The van der Waals surface area contributed by atoms with Gasteiger partial charge in [0.25, 0.3) is 12.3 Å². The van der Waals surface area contributed by atoms with Crippen LogP contribution in [0.5, 0.6) is 0 Å². The standard InChI is InChI=1S/C22H23F2N7O2/c1-11(2)31-20-17(12(3)13(7-25)8-28-20)29-21(31)18(16-5-4-6-33-16)30-22(32)15-10-26-14(9-27-15)19(23)24/h8-11,16,18-19H,4-6H2,1-3H3,(H,30,32)/t16-,18-/m0/s1. The number of fused-ring (bicyclic) bond motifs is 1. The van der Waals surface area contributed by atoms with Crippen molar-refractivity contribution >= 4 is 17.1 Å². The van der Waals surface area contributed by atoms with Gasteiger partial charge < -0.3 is 14.6 Å². The van der Waals surface area contributed by atoms with E-state index in [1.807, 2.05) is 25.3 Å². The van der Waals surface area contributed by atoms with Crippen LogP contribution in [0.3, 0.4) is 0 Å². The number of alkyl halides is 2. The molecule has 0 unspecified atom stereocenters. The van der Waals surface area contributed by atoms with Crippen molar-refractivity contribution in [1.29, 1.82) is 5.26 Å². The number of aromatic nitrogens is 5. The largest absolute Gasteiger partial charge is 0.376 e. The van der Waals surface area contributed by atoms with E-state index in [0.29, 0.717) is 41.1 Å². The first-order chi connectivity index (χ1) is 15.8. The summed E-state index contributed by atoms with van der Waals surface area (Å²) in [6.07, 6.45) is 1.86. The maximum absolute atomic E-state index is 13.0. The predicted octanol–water partition coefficient (Wildman–Crippen LogP) is 3.57. The van der Waals surface area contributed by atoms with Crippen molar-refractivity contribution in [3.05, 3.63) is 46.9 Å². The number of imidazole rings is 1. The zero-order chi connectivity index (χ0) is 23.7. The van der Waals surface area contributed by atoms with Gasteiger partial charge in [0.2, 0.25) is 0 Å². The van der Waals surface area contributed by atoms with Crippen molar-refractivity contribution < 1.29 is 18.3 Å². The Labute approximate surface area is 188 Å². The lowest BCUT2D eigenvalue weighted by molar-refractivity contribution is 0.0640. The molecule has 0 saturated carbocycles. The molecule has 0 radical (unpaired) electrons. The van der Waals surface area contributed by atoms with Crippen LogP contribution in [0.4, 0.5) is 8.78 Å². The summed E-state index contributed by atoms with van der Waals surface area (Å²) in [7, 11) is 0. The molecule has 1 fully saturated rings. The summed E-state index contributed by atoms with van der Waals surface area (Å²) in [5.74, 6) is -0.0309. The normalized spacial score (nSPS) is 17.0. The van der Waals surface area contributed by atoms with Gasteiger partial charge in [0.1, 0.15) is 34.8 Å². The fourth-order valence-corrected chi connectivity index (χ4v) is 3.98. The van der Waals surface area contributed by atoms with Crippen LogP contribution >= 0.6 is 0 Å². The van der Waals surface area contributed by atoms with Crippen LogP contribution < -0.4 is 5.32 Å². The summed E-state index contributed by atoms with van der Waals surface area (Å²) >= 11 is 0. The van der Waals surface area contributed by atoms with Crippen LogP contribution in [0.15, 0.2) is 18.6 Å². The Hall–Kier alpha value is -3.52. The molecule has 33 heavy (non-hydrogen) atoms. The molecular formula is C22H23F2N7O2. The van der Waals surface area contributed by atoms with Crippen LogP contribution in [-0.4, -0.2) is 43.1 Å². The molecule has 0 spiro atoms. The Morgan fingerprint density at radius 1 is 1.27 bits per heavy atom. The third-order valence-electron chi connectivity index (χ3n) is 5.65. The number of ether oxygens (including phenoxy) is 1. The predicted molar refractivity (Wildman–Crippen MR) is 114 cm³/mol. The maximum Gasteiger partial charge on any atom is 0.281 e. The van der Waals surface area contributed by atoms with Gasteiger partial charge in [-0.1, -0.05) is 0 Å². The first-order valence-corrected chi connectivity index (χ1v) is 10.6. The SMILES string of the molecule is Cc1c(C#N)cnc2c1nc([C@@H](NC(=O)c1cnc(C(F)F)cn1)[C@@H]1CCCO1)n2C(C)C. The molecule has 0 aliphatic carbocycles. The lowest BCUT2D eigenvalue weighted by Gasteiger charge is -2.25. The zero-order valence-corrected chi connectivity index (χ0v) is 18.4. The average molecular weight is 455 g/mol. The number of pyridine rings is 1. The van der Waals surface area contributed by atoms with Gasteiger partial charge in [-0.25, -0.2) is 23.7 Å². The monoisotopic (exact) mass is 455 g/mol. The van der Waals surface area contributed by atoms with Crippen molar-refractivity contribution in [3.8, 4) is 6.07 Å². The molecule has 4 heterocycles. The van der Waals surface area contributed by atoms with Gasteiger partial charge >= 0.3 is 0 Å². The third kappa shape index (κ3) is 4.26. The molecule has 0 bridgehead atoms. The maximum atomic E-state index is 13.0. The molecule has 1 amide bonds. The summed E-state index contributed by atoms with van der Waals surface area (Å²) in [6, 6.07) is 1.43. The number of nitrogens with zero attached hydrogens (tertiary/aromatic N) is 6. The summed E-state index contributed by atoms with van der Waals surface area (Å²) in [6.45, 7) is 6.31. The molecule has 4 rings (SSSR count). The minimum Gasteiger partial charge on any atom is -0.376 e. The van der Waals surface area contributed by atoms with E-state index in [4.69, 9.17) is 9.72 Å². The smallest absolute Gasteiger partial charge is 0.281 e. The van der Waals surface area contributed by atoms with Crippen molar-refractivity contribution in [2.24, 2.45) is 0 Å². The highest BCUT2D eigenvalue weighted by molar-refractivity contribution is 5.92. The van der Waals surface area contributed by atoms with Crippen molar-refractivity contribution in [3.63, 3.8) is 0 Å². The van der Waals surface area contributed by atoms with Gasteiger partial charge in [-0.3, -0.25) is 9.78 Å². The Bertz CT molecular complexity index is 1210. The van der Waals surface area contributed by atoms with Crippen LogP contribution in [0.25, 0.3) is 11.2 Å². The molecule has 0 aromatic carbocycles. The number of carbonyl (C=O) groups excluding carboxylic acids is 1. The number of aryl methyl sites for hydroxylation is 1. The molecule has 1 aliphatic rings. The molecular weight excluding hydrogens is 432 g/mol. The Morgan fingerprint density at radius 2 is 2.06 bits per heavy atom. The first-order valence-electron chi connectivity index (χ1n) is 10.6. The molecule has 11 heteroatoms. The molecule has 1 saturated heterocycles. The second kappa shape index (κ2) is 9.15. The van der Waals surface area contributed by atoms with Gasteiger partial charge in [0.15, 0.2) is 5.65 Å². The van der Waals surface area contributed by atoms with E-state index in [1.165, 1.54) is 6.20 Å². The van der Waals surface area contributed by atoms with E-state index in [1.54, 1.807) is 0 Å². The first kappa shape index (κ1) is 22.7. The summed E-state index contributed by atoms with van der Waals surface area (Å²) in [5.41, 5.74) is 1.73. The number of rotatable bonds is 6. The fourth-order valence-electron chi connectivity index (χ4n) is 3.98. The summed E-state index contributed by atoms with van der Waals surface area (Å²) in [4.78, 5) is 29.7. The van der Waals surface area contributed by atoms with Crippen molar-refractivity contribution in [1.82, 2.24) is 29.8 Å². The molecule has 3 aromatic heterocycles. The van der Waals surface area contributed by atoms with E-state index in [2.05, 4.69) is 26.3 Å². The van der Waals surface area contributed by atoms with E-state index in [-0.39, 0.29) is 17.8 Å². The topological polar surface area (TPSA) is 119 Å². The second-order valence-corrected chi connectivity index (χ2v) is 8.14. The molecule has 1 N–H and O–H groups in total. The quantitative estimate of drug-likeness (QED) is 0.603. The Morgan fingerprint density at radius 3 is 2.64 bits per heavy atom. The minimum atomic E-state index is -2.77. The van der Waals surface area contributed by atoms with E-state index >= 15 is 0 Å². The number of nitriles is 1. The van der Waals surface area contributed by atoms with Gasteiger partial charge in [0.05, 0.1) is 24.1 Å². The molecule has 1 aliphatic heterocycles. The summed E-state index contributed by atoms with van der Waals surface area (Å²) in [5, 5.41) is 12.3. The molecule has 172 valence electrons. The van der Waals surface area contributed by atoms with Crippen LogP contribution in [0, 0.1) is 18.3 Å². The third-order valence-corrected chi connectivity index (χ3v) is 5.65. The lowest BCUT2D eigenvalue weighted by Crippen LogP contribution is -2.38. The summed E-state index contributed by atoms with van der Waals surface area (Å²) < 4.78 is 33.4. The van der Waals surface area contributed by atoms with Crippen LogP contribution in [0.2, 0.25) is 0 Å². The molecule has 9 nitrogen and oxygen atoms in total. The highest BCUT2D eigenvalue weighted by Crippen LogP contribution is 2.32. The number of carbonyl (C=O) groups is 1. The van der Waals surface area contributed by atoms with Gasteiger partial charge in [-0.05, 0) is 39.2 Å². The second-order valence-electron chi connectivity index (χ2n) is 8.14. The highest BCUT2D eigenvalue weighted by Gasteiger charge is 2.34. The lowest BCUT2D eigenvalue weighted by atomic mass is 10.1. The van der Waals surface area contributed by atoms with Crippen LogP contribution in [-0.2, 0) is 4.74 Å². The van der Waals surface area contributed by atoms with E-state index < -0.39 is 24.1 Å². The Balaban J connectivity index is 1.77. The fraction of sp³-hybridized carbons (Fsp3) is 0.455. The van der Waals surface area contributed by atoms with Gasteiger partial charge in [-0.2, -0.15) is 5.26 Å². The number of amides is 1. The number of hydrogen-bond acceptors (Lipinski definition) is 7.